The van der Waals surface area contributed by atoms with Gasteiger partial charge in [-0.3, -0.25) is 0 Å². The standard InChI is InChI=1S/C9H7F2NO/c1-5(13)7-2-6(4-12)8(10)3-9(7)11/h2-3,5,13H,1H3. The molecule has 1 rings (SSSR count). The quantitative estimate of drug-likeness (QED) is 0.722. The van der Waals surface area contributed by atoms with Gasteiger partial charge in [0, 0.05) is 11.6 Å². The predicted octanol–water partition coefficient (Wildman–Crippen LogP) is 1.89. The van der Waals surface area contributed by atoms with Crippen LogP contribution < -0.4 is 0 Å². The highest BCUT2D eigenvalue weighted by Gasteiger charge is 2.12. The number of nitrogens with zero attached hydrogens (tertiary/aromatic N) is 1. The fourth-order valence-electron chi connectivity index (χ4n) is 0.972. The Hall–Kier alpha value is -1.47. The van der Waals surface area contributed by atoms with Gasteiger partial charge in [0.05, 0.1) is 11.7 Å². The summed E-state index contributed by atoms with van der Waals surface area (Å²) in [5.74, 6) is -1.75. The largest absolute Gasteiger partial charge is 0.389 e. The number of aliphatic hydroxyl groups excluding tert-OH is 1. The van der Waals surface area contributed by atoms with Crippen LogP contribution in [-0.2, 0) is 0 Å². The Balaban J connectivity index is 3.33. The minimum Gasteiger partial charge on any atom is -0.389 e. The van der Waals surface area contributed by atoms with Gasteiger partial charge in [0.15, 0.2) is 0 Å². The van der Waals surface area contributed by atoms with Crippen molar-refractivity contribution < 1.29 is 13.9 Å². The Labute approximate surface area is 74.0 Å². The van der Waals surface area contributed by atoms with E-state index in [1.165, 1.54) is 6.92 Å². The van der Waals surface area contributed by atoms with Gasteiger partial charge in [-0.15, -0.1) is 0 Å². The van der Waals surface area contributed by atoms with Crippen LogP contribution in [0.15, 0.2) is 12.1 Å². The zero-order valence-electron chi connectivity index (χ0n) is 6.88. The second-order valence-electron chi connectivity index (χ2n) is 2.64. The molecule has 1 N–H and O–H groups in total. The van der Waals surface area contributed by atoms with E-state index in [-0.39, 0.29) is 11.1 Å². The lowest BCUT2D eigenvalue weighted by atomic mass is 10.1. The third kappa shape index (κ3) is 1.82. The van der Waals surface area contributed by atoms with Crippen LogP contribution in [0.4, 0.5) is 8.78 Å². The summed E-state index contributed by atoms with van der Waals surface area (Å²) >= 11 is 0. The Morgan fingerprint density at radius 1 is 1.38 bits per heavy atom. The van der Waals surface area contributed by atoms with Crippen molar-refractivity contribution in [2.45, 2.75) is 13.0 Å². The molecular formula is C9H7F2NO. The van der Waals surface area contributed by atoms with E-state index in [9.17, 15) is 8.78 Å². The molecule has 0 aliphatic carbocycles. The topological polar surface area (TPSA) is 44.0 Å². The number of rotatable bonds is 1. The number of aliphatic hydroxyl groups is 1. The van der Waals surface area contributed by atoms with Crippen molar-refractivity contribution in [3.8, 4) is 6.07 Å². The second-order valence-corrected chi connectivity index (χ2v) is 2.64. The van der Waals surface area contributed by atoms with Crippen LogP contribution in [0.2, 0.25) is 0 Å². The van der Waals surface area contributed by atoms with Crippen molar-refractivity contribution in [3.63, 3.8) is 0 Å². The maximum absolute atomic E-state index is 12.9. The van der Waals surface area contributed by atoms with Gasteiger partial charge in [0.1, 0.15) is 17.7 Å². The summed E-state index contributed by atoms with van der Waals surface area (Å²) in [6.45, 7) is 1.34. The molecule has 0 fully saturated rings. The van der Waals surface area contributed by atoms with E-state index in [2.05, 4.69) is 0 Å². The molecule has 0 spiro atoms. The first-order valence-corrected chi connectivity index (χ1v) is 3.63. The molecule has 1 unspecified atom stereocenters. The summed E-state index contributed by atoms with van der Waals surface area (Å²) in [5.41, 5.74) is -0.338. The average molecular weight is 183 g/mol. The van der Waals surface area contributed by atoms with Crippen LogP contribution in [0.3, 0.4) is 0 Å². The Morgan fingerprint density at radius 3 is 2.46 bits per heavy atom. The minimum atomic E-state index is -1.05. The van der Waals surface area contributed by atoms with Gasteiger partial charge in [-0.1, -0.05) is 0 Å². The first-order chi connectivity index (χ1) is 6.06. The third-order valence-electron chi connectivity index (χ3n) is 1.66. The molecule has 68 valence electrons. The first-order valence-electron chi connectivity index (χ1n) is 3.63. The van der Waals surface area contributed by atoms with E-state index in [0.717, 1.165) is 6.07 Å². The van der Waals surface area contributed by atoms with E-state index in [1.807, 2.05) is 0 Å². The molecule has 0 saturated heterocycles. The molecule has 0 bridgehead atoms. The molecule has 0 aliphatic rings. The smallest absolute Gasteiger partial charge is 0.143 e. The summed E-state index contributed by atoms with van der Waals surface area (Å²) in [6.07, 6.45) is -1.05. The molecule has 1 aromatic rings. The average Bonchev–Trinajstić information content (AvgIpc) is 2.03. The molecule has 1 atom stereocenters. The number of benzene rings is 1. The summed E-state index contributed by atoms with van der Waals surface area (Å²) in [4.78, 5) is 0. The van der Waals surface area contributed by atoms with Crippen molar-refractivity contribution >= 4 is 0 Å². The highest BCUT2D eigenvalue weighted by Crippen LogP contribution is 2.20. The molecule has 0 amide bonds. The van der Waals surface area contributed by atoms with Crippen LogP contribution in [0, 0.1) is 23.0 Å². The van der Waals surface area contributed by atoms with Crippen molar-refractivity contribution in [2.24, 2.45) is 0 Å². The first kappa shape index (κ1) is 9.62. The predicted molar refractivity (Wildman–Crippen MR) is 41.7 cm³/mol. The molecule has 0 aliphatic heterocycles. The Bertz CT molecular complexity index is 369. The van der Waals surface area contributed by atoms with E-state index < -0.39 is 17.7 Å². The highest BCUT2D eigenvalue weighted by molar-refractivity contribution is 5.36. The van der Waals surface area contributed by atoms with Gasteiger partial charge >= 0.3 is 0 Å². The molecule has 0 saturated carbocycles. The van der Waals surface area contributed by atoms with E-state index in [4.69, 9.17) is 10.4 Å². The van der Waals surface area contributed by atoms with Crippen LogP contribution in [0.1, 0.15) is 24.2 Å². The summed E-state index contributed by atoms with van der Waals surface area (Å²) in [7, 11) is 0. The van der Waals surface area contributed by atoms with Crippen molar-refractivity contribution in [1.82, 2.24) is 0 Å². The minimum absolute atomic E-state index is 0.0713. The van der Waals surface area contributed by atoms with Gasteiger partial charge in [0.2, 0.25) is 0 Å². The lowest BCUT2D eigenvalue weighted by Gasteiger charge is -2.06. The summed E-state index contributed by atoms with van der Waals surface area (Å²) in [5, 5.41) is 17.5. The SMILES string of the molecule is CC(O)c1cc(C#N)c(F)cc1F. The van der Waals surface area contributed by atoms with E-state index in [1.54, 1.807) is 6.07 Å². The number of nitriles is 1. The van der Waals surface area contributed by atoms with E-state index in [0.29, 0.717) is 6.07 Å². The van der Waals surface area contributed by atoms with Crippen molar-refractivity contribution in [3.05, 3.63) is 34.9 Å². The maximum Gasteiger partial charge on any atom is 0.143 e. The second kappa shape index (κ2) is 3.50. The van der Waals surface area contributed by atoms with Gasteiger partial charge in [-0.2, -0.15) is 5.26 Å². The molecular weight excluding hydrogens is 176 g/mol. The lowest BCUT2D eigenvalue weighted by molar-refractivity contribution is 0.194. The number of halogens is 2. The van der Waals surface area contributed by atoms with Gasteiger partial charge in [-0.05, 0) is 13.0 Å². The van der Waals surface area contributed by atoms with Gasteiger partial charge in [-0.25, -0.2) is 8.78 Å². The zero-order valence-corrected chi connectivity index (χ0v) is 6.88. The third-order valence-corrected chi connectivity index (χ3v) is 1.66. The van der Waals surface area contributed by atoms with Crippen LogP contribution in [0.5, 0.6) is 0 Å². The Kier molecular flexibility index (Phi) is 2.59. The van der Waals surface area contributed by atoms with Gasteiger partial charge in [0.25, 0.3) is 0 Å². The molecule has 4 heteroatoms. The Morgan fingerprint density at radius 2 is 2.00 bits per heavy atom. The summed E-state index contributed by atoms with van der Waals surface area (Å²) < 4.78 is 25.7. The zero-order chi connectivity index (χ0) is 10.0. The van der Waals surface area contributed by atoms with Crippen molar-refractivity contribution in [2.75, 3.05) is 0 Å². The number of hydrogen-bond acceptors (Lipinski definition) is 2. The fraction of sp³-hybridized carbons (Fsp3) is 0.222. The molecule has 1 aromatic carbocycles. The number of hydrogen-bond donors (Lipinski definition) is 1. The lowest BCUT2D eigenvalue weighted by Crippen LogP contribution is -1.98. The normalized spacial score (nSPS) is 12.2. The fourth-order valence-corrected chi connectivity index (χ4v) is 0.972. The maximum atomic E-state index is 12.9. The van der Waals surface area contributed by atoms with Gasteiger partial charge < -0.3 is 5.11 Å². The van der Waals surface area contributed by atoms with Crippen molar-refractivity contribution in [1.29, 1.82) is 5.26 Å². The summed E-state index contributed by atoms with van der Waals surface area (Å²) in [6, 6.07) is 3.17. The van der Waals surface area contributed by atoms with Crippen LogP contribution >= 0.6 is 0 Å². The van der Waals surface area contributed by atoms with Crippen LogP contribution in [0.25, 0.3) is 0 Å². The highest BCUT2D eigenvalue weighted by atomic mass is 19.1. The molecule has 0 heterocycles. The molecule has 0 radical (unpaired) electrons. The molecule has 0 aromatic heterocycles. The monoisotopic (exact) mass is 183 g/mol. The molecule has 2 nitrogen and oxygen atoms in total. The van der Waals surface area contributed by atoms with E-state index >= 15 is 0 Å². The molecule has 13 heavy (non-hydrogen) atoms. The van der Waals surface area contributed by atoms with Crippen LogP contribution in [-0.4, -0.2) is 5.11 Å².